The average molecular weight is 582 g/mol. The summed E-state index contributed by atoms with van der Waals surface area (Å²) in [6.07, 6.45) is 2.27. The third-order valence-corrected chi connectivity index (χ3v) is 8.28. The quantitative estimate of drug-likeness (QED) is 0.200. The Morgan fingerprint density at radius 3 is 1.98 bits per heavy atom. The summed E-state index contributed by atoms with van der Waals surface area (Å²) in [5.41, 5.74) is 0.561. The van der Waals surface area contributed by atoms with Crippen LogP contribution in [-0.2, 0) is 13.0 Å². The minimum Gasteiger partial charge on any atom is -0.478 e. The highest BCUT2D eigenvalue weighted by molar-refractivity contribution is 7.99. The first kappa shape index (κ1) is 28.6. The summed E-state index contributed by atoms with van der Waals surface area (Å²) < 4.78 is 0. The van der Waals surface area contributed by atoms with Crippen molar-refractivity contribution >= 4 is 35.6 Å². The van der Waals surface area contributed by atoms with Crippen molar-refractivity contribution in [2.45, 2.75) is 41.6 Å². The number of aromatic carboxylic acids is 3. The number of carboxylic acid groups (broad SMARTS) is 3. The molecule has 0 radical (unpaired) electrons. The number of nitrogens with zero attached hydrogens (tertiary/aromatic N) is 1. The summed E-state index contributed by atoms with van der Waals surface area (Å²) in [5.74, 6) is -5.38. The number of fused-ring (bicyclic) bond motifs is 1. The maximum absolute atomic E-state index is 14.3. The highest BCUT2D eigenvalue weighted by atomic mass is 32.2. The first-order valence-electron chi connectivity index (χ1n) is 13.3. The Morgan fingerprint density at radius 2 is 1.29 bits per heavy atom. The zero-order chi connectivity index (χ0) is 29.8. The van der Waals surface area contributed by atoms with Crippen molar-refractivity contribution in [2.75, 3.05) is 0 Å². The van der Waals surface area contributed by atoms with Gasteiger partial charge in [-0.15, -0.1) is 0 Å². The van der Waals surface area contributed by atoms with Crippen LogP contribution >= 0.6 is 11.8 Å². The van der Waals surface area contributed by atoms with Gasteiger partial charge in [-0.1, -0.05) is 66.4 Å². The molecule has 0 unspecified atom stereocenters. The molecule has 4 aromatic carbocycles. The molecule has 5 rings (SSSR count). The smallest absolute Gasteiger partial charge is 0.336 e. The number of carboxylic acids is 3. The molecule has 0 bridgehead atoms. The molecule has 1 aliphatic carbocycles. The van der Waals surface area contributed by atoms with E-state index in [-0.39, 0.29) is 12.1 Å². The molecular formula is C33H27NO7S. The number of rotatable bonds is 9. The van der Waals surface area contributed by atoms with Crippen molar-refractivity contribution in [3.63, 3.8) is 0 Å². The number of hydrogen-bond donors (Lipinski definition) is 3. The van der Waals surface area contributed by atoms with Gasteiger partial charge in [-0.2, -0.15) is 0 Å². The van der Waals surface area contributed by atoms with Gasteiger partial charge in [-0.05, 0) is 72.4 Å². The van der Waals surface area contributed by atoms with E-state index in [1.165, 1.54) is 0 Å². The van der Waals surface area contributed by atoms with Gasteiger partial charge in [-0.3, -0.25) is 4.79 Å². The molecule has 1 atom stereocenters. The number of aryl methyl sites for hydroxylation is 1. The van der Waals surface area contributed by atoms with E-state index >= 15 is 0 Å². The Morgan fingerprint density at radius 1 is 0.690 bits per heavy atom. The van der Waals surface area contributed by atoms with Gasteiger partial charge in [0, 0.05) is 16.3 Å². The predicted molar refractivity (Wildman–Crippen MR) is 156 cm³/mol. The van der Waals surface area contributed by atoms with E-state index in [0.717, 1.165) is 51.5 Å². The molecule has 0 saturated heterocycles. The van der Waals surface area contributed by atoms with E-state index < -0.39 is 46.5 Å². The van der Waals surface area contributed by atoms with Gasteiger partial charge in [0.15, 0.2) is 0 Å². The monoisotopic (exact) mass is 581 g/mol. The van der Waals surface area contributed by atoms with Crippen LogP contribution in [0.4, 0.5) is 0 Å². The van der Waals surface area contributed by atoms with Gasteiger partial charge < -0.3 is 20.2 Å². The second-order valence-corrected chi connectivity index (χ2v) is 11.1. The standard InChI is InChI=1S/C33H27NO7S/c35-30(25-17-27(32(38)39)28(33(40)41)18-26(25)31(36)37)34(29-15-7-10-21-9-4-5-14-24(21)29)19-20-8-6-13-23(16-20)42-22-11-2-1-3-12-22/h1-6,8-9,11-14,16-18,29H,7,10,15,19H2,(H,36,37)(H,38,39)(H,40,41)/t29-/m0/s1. The van der Waals surface area contributed by atoms with Crippen molar-refractivity contribution < 1.29 is 34.5 Å². The first-order chi connectivity index (χ1) is 20.2. The van der Waals surface area contributed by atoms with Crippen LogP contribution in [0.3, 0.4) is 0 Å². The molecule has 8 nitrogen and oxygen atoms in total. The van der Waals surface area contributed by atoms with Gasteiger partial charge in [0.05, 0.1) is 28.3 Å². The lowest BCUT2D eigenvalue weighted by atomic mass is 9.86. The van der Waals surface area contributed by atoms with Crippen LogP contribution in [0, 0.1) is 0 Å². The fraction of sp³-hybridized carbons (Fsp3) is 0.152. The fourth-order valence-electron chi connectivity index (χ4n) is 5.37. The number of hydrogen-bond acceptors (Lipinski definition) is 5. The van der Waals surface area contributed by atoms with Crippen molar-refractivity contribution in [3.8, 4) is 0 Å². The lowest BCUT2D eigenvalue weighted by molar-refractivity contribution is 0.0611. The first-order valence-corrected chi connectivity index (χ1v) is 14.1. The maximum Gasteiger partial charge on any atom is 0.336 e. The number of benzene rings is 4. The Balaban J connectivity index is 1.60. The third kappa shape index (κ3) is 6.06. The van der Waals surface area contributed by atoms with Crippen LogP contribution in [0.15, 0.2) is 101 Å². The van der Waals surface area contributed by atoms with Gasteiger partial charge in [0.1, 0.15) is 0 Å². The summed E-state index contributed by atoms with van der Waals surface area (Å²) in [5, 5.41) is 29.2. The molecule has 1 amide bonds. The molecule has 0 aliphatic heterocycles. The largest absolute Gasteiger partial charge is 0.478 e. The highest BCUT2D eigenvalue weighted by Crippen LogP contribution is 2.37. The normalized spacial score (nSPS) is 14.0. The zero-order valence-electron chi connectivity index (χ0n) is 22.4. The van der Waals surface area contributed by atoms with E-state index in [0.29, 0.717) is 6.42 Å². The Bertz CT molecular complexity index is 1690. The van der Waals surface area contributed by atoms with Crippen LogP contribution in [0.25, 0.3) is 0 Å². The molecular weight excluding hydrogens is 554 g/mol. The molecule has 42 heavy (non-hydrogen) atoms. The highest BCUT2D eigenvalue weighted by Gasteiger charge is 2.33. The van der Waals surface area contributed by atoms with Crippen molar-refractivity contribution in [1.29, 1.82) is 0 Å². The summed E-state index contributed by atoms with van der Waals surface area (Å²) in [4.78, 5) is 53.9. The van der Waals surface area contributed by atoms with Gasteiger partial charge in [0.25, 0.3) is 5.91 Å². The van der Waals surface area contributed by atoms with Crippen molar-refractivity contribution in [3.05, 3.63) is 130 Å². The minimum atomic E-state index is -1.60. The summed E-state index contributed by atoms with van der Waals surface area (Å²) in [6.45, 7) is 0.128. The average Bonchev–Trinajstić information content (AvgIpc) is 2.99. The van der Waals surface area contributed by atoms with Crippen molar-refractivity contribution in [2.24, 2.45) is 0 Å². The van der Waals surface area contributed by atoms with Crippen LogP contribution in [0.2, 0.25) is 0 Å². The fourth-order valence-corrected chi connectivity index (χ4v) is 6.29. The lowest BCUT2D eigenvalue weighted by Gasteiger charge is -2.36. The van der Waals surface area contributed by atoms with E-state index in [2.05, 4.69) is 0 Å². The molecule has 212 valence electrons. The Kier molecular flexibility index (Phi) is 8.40. The molecule has 0 saturated carbocycles. The SMILES string of the molecule is O=C(O)c1cc(C(=O)O)c(C(=O)N(Cc2cccc(Sc3ccccc3)c2)[C@H]2CCCc3ccccc32)cc1C(=O)O. The van der Waals surface area contributed by atoms with Gasteiger partial charge in [0.2, 0.25) is 0 Å². The van der Waals surface area contributed by atoms with Gasteiger partial charge >= 0.3 is 17.9 Å². The van der Waals surface area contributed by atoms with Crippen LogP contribution < -0.4 is 0 Å². The molecule has 0 spiro atoms. The number of carbonyl (C=O) groups is 4. The Hall–Kier alpha value is -4.89. The van der Waals surface area contributed by atoms with E-state index in [4.69, 9.17) is 0 Å². The lowest BCUT2D eigenvalue weighted by Crippen LogP contribution is -2.37. The minimum absolute atomic E-state index is 0.128. The summed E-state index contributed by atoms with van der Waals surface area (Å²) >= 11 is 1.57. The summed E-state index contributed by atoms with van der Waals surface area (Å²) in [7, 11) is 0. The molecule has 0 fully saturated rings. The van der Waals surface area contributed by atoms with Crippen LogP contribution in [0.5, 0.6) is 0 Å². The van der Waals surface area contributed by atoms with E-state index in [1.807, 2.05) is 78.9 Å². The zero-order valence-corrected chi connectivity index (χ0v) is 23.2. The van der Waals surface area contributed by atoms with Crippen molar-refractivity contribution in [1.82, 2.24) is 4.90 Å². The molecule has 4 aromatic rings. The number of amides is 1. The summed E-state index contributed by atoms with van der Waals surface area (Å²) in [6, 6.07) is 26.6. The number of carbonyl (C=O) groups excluding carboxylic acids is 1. The second kappa shape index (κ2) is 12.3. The second-order valence-electron chi connectivity index (χ2n) is 9.96. The molecule has 3 N–H and O–H groups in total. The van der Waals surface area contributed by atoms with Gasteiger partial charge in [-0.25, -0.2) is 14.4 Å². The predicted octanol–water partition coefficient (Wildman–Crippen LogP) is 6.65. The third-order valence-electron chi connectivity index (χ3n) is 7.28. The van der Waals surface area contributed by atoms with Crippen LogP contribution in [0.1, 0.15) is 77.0 Å². The molecule has 1 aliphatic rings. The van der Waals surface area contributed by atoms with Crippen LogP contribution in [-0.4, -0.2) is 44.0 Å². The topological polar surface area (TPSA) is 132 Å². The molecule has 0 aromatic heterocycles. The maximum atomic E-state index is 14.3. The Labute approximate surface area is 246 Å². The molecule has 9 heteroatoms. The van der Waals surface area contributed by atoms with E-state index in [9.17, 15) is 34.5 Å². The molecule has 0 heterocycles. The van der Waals surface area contributed by atoms with E-state index in [1.54, 1.807) is 16.7 Å².